The van der Waals surface area contributed by atoms with Gasteiger partial charge in [0.05, 0.1) is 18.2 Å². The lowest BCUT2D eigenvalue weighted by atomic mass is 10.0. The molecule has 4 aromatic rings. The SMILES string of the molecule is COc1ccccc1C(=O)Nc1cccc(-c2cc3c(o2)CCN(C(=O)c2cccc(C(F)(F)F)c2)C3)c1. The normalized spacial score (nSPS) is 13.1. The number of hydrogen-bond acceptors (Lipinski definition) is 4. The van der Waals surface area contributed by atoms with Gasteiger partial charge in [0.25, 0.3) is 11.8 Å². The second kappa shape index (κ2) is 10.1. The number of fused-ring (bicyclic) bond motifs is 1. The lowest BCUT2D eigenvalue weighted by molar-refractivity contribution is -0.137. The highest BCUT2D eigenvalue weighted by molar-refractivity contribution is 6.06. The Hall–Kier alpha value is -4.53. The summed E-state index contributed by atoms with van der Waals surface area (Å²) in [6.45, 7) is 0.544. The molecule has 1 aromatic heterocycles. The van der Waals surface area contributed by atoms with E-state index in [-0.39, 0.29) is 18.0 Å². The lowest BCUT2D eigenvalue weighted by Gasteiger charge is -2.26. The second-order valence-electron chi connectivity index (χ2n) is 8.85. The summed E-state index contributed by atoms with van der Waals surface area (Å²) in [5, 5.41) is 2.87. The van der Waals surface area contributed by atoms with Crippen LogP contribution < -0.4 is 10.1 Å². The number of nitrogens with zero attached hydrogens (tertiary/aromatic N) is 1. The molecule has 1 aliphatic rings. The number of anilines is 1. The maximum Gasteiger partial charge on any atom is 0.416 e. The highest BCUT2D eigenvalue weighted by Crippen LogP contribution is 2.33. The molecule has 0 aliphatic carbocycles. The minimum atomic E-state index is -4.52. The van der Waals surface area contributed by atoms with Crippen molar-refractivity contribution in [2.24, 2.45) is 0 Å². The topological polar surface area (TPSA) is 71.8 Å². The van der Waals surface area contributed by atoms with Crippen molar-refractivity contribution in [1.29, 1.82) is 0 Å². The van der Waals surface area contributed by atoms with Crippen LogP contribution in [0.15, 0.2) is 83.3 Å². The number of para-hydroxylation sites is 1. The Bertz CT molecular complexity index is 1510. The summed E-state index contributed by atoms with van der Waals surface area (Å²) in [7, 11) is 1.50. The molecule has 38 heavy (non-hydrogen) atoms. The molecule has 0 atom stereocenters. The molecule has 0 saturated heterocycles. The highest BCUT2D eigenvalue weighted by atomic mass is 19.4. The van der Waals surface area contributed by atoms with E-state index >= 15 is 0 Å². The quantitative estimate of drug-likeness (QED) is 0.330. The van der Waals surface area contributed by atoms with Gasteiger partial charge in [0.15, 0.2) is 0 Å². The van der Waals surface area contributed by atoms with Gasteiger partial charge in [0, 0.05) is 41.9 Å². The molecule has 194 valence electrons. The van der Waals surface area contributed by atoms with Gasteiger partial charge in [-0.05, 0) is 48.5 Å². The summed E-state index contributed by atoms with van der Waals surface area (Å²) in [5.41, 5.74) is 1.62. The van der Waals surface area contributed by atoms with Gasteiger partial charge in [-0.3, -0.25) is 9.59 Å². The molecular formula is C29H23F3N2O4. The average Bonchev–Trinajstić information content (AvgIpc) is 3.36. The third-order valence-corrected chi connectivity index (χ3v) is 6.35. The smallest absolute Gasteiger partial charge is 0.416 e. The van der Waals surface area contributed by atoms with Gasteiger partial charge < -0.3 is 19.4 Å². The zero-order chi connectivity index (χ0) is 26.9. The van der Waals surface area contributed by atoms with Crippen LogP contribution in [0.5, 0.6) is 5.75 Å². The molecule has 0 radical (unpaired) electrons. The molecule has 5 rings (SSSR count). The Balaban J connectivity index is 1.32. The van der Waals surface area contributed by atoms with Gasteiger partial charge in [-0.25, -0.2) is 0 Å². The maximum atomic E-state index is 13.1. The highest BCUT2D eigenvalue weighted by Gasteiger charge is 2.32. The van der Waals surface area contributed by atoms with Gasteiger partial charge in [-0.2, -0.15) is 13.2 Å². The minimum absolute atomic E-state index is 0.00881. The first-order chi connectivity index (χ1) is 18.2. The first-order valence-electron chi connectivity index (χ1n) is 11.9. The molecule has 2 heterocycles. The summed E-state index contributed by atoms with van der Waals surface area (Å²) >= 11 is 0. The summed E-state index contributed by atoms with van der Waals surface area (Å²) in [6.07, 6.45) is -4.09. The Morgan fingerprint density at radius 3 is 2.55 bits per heavy atom. The van der Waals surface area contributed by atoms with Gasteiger partial charge >= 0.3 is 6.18 Å². The number of alkyl halides is 3. The van der Waals surface area contributed by atoms with E-state index in [1.165, 1.54) is 24.1 Å². The van der Waals surface area contributed by atoms with Crippen LogP contribution in [0.25, 0.3) is 11.3 Å². The molecule has 9 heteroatoms. The van der Waals surface area contributed by atoms with E-state index in [0.717, 1.165) is 29.0 Å². The first kappa shape index (κ1) is 25.1. The number of carbonyl (C=O) groups is 2. The standard InChI is InChI=1S/C29H23F3N2O4/c1-37-25-11-3-2-10-23(25)27(35)33-22-9-5-6-18(15-22)26-16-20-17-34(13-12-24(20)38-26)28(36)19-7-4-8-21(14-19)29(30,31)32/h2-11,14-16H,12-13,17H2,1H3,(H,33,35). The first-order valence-corrected chi connectivity index (χ1v) is 11.9. The Kier molecular flexibility index (Phi) is 6.67. The van der Waals surface area contributed by atoms with Crippen LogP contribution in [-0.2, 0) is 19.1 Å². The molecular weight excluding hydrogens is 497 g/mol. The van der Waals surface area contributed by atoms with E-state index < -0.39 is 17.6 Å². The Labute approximate surface area is 216 Å². The van der Waals surface area contributed by atoms with Crippen molar-refractivity contribution < 1.29 is 31.9 Å². The predicted molar refractivity (Wildman–Crippen MR) is 135 cm³/mol. The molecule has 2 amide bonds. The average molecular weight is 521 g/mol. The maximum absolute atomic E-state index is 13.1. The number of hydrogen-bond donors (Lipinski definition) is 1. The third-order valence-electron chi connectivity index (χ3n) is 6.35. The number of benzene rings is 3. The number of ether oxygens (including phenoxy) is 1. The Morgan fingerprint density at radius 1 is 0.974 bits per heavy atom. The number of furan rings is 1. The summed E-state index contributed by atoms with van der Waals surface area (Å²) in [5.74, 6) is 0.963. The number of rotatable bonds is 5. The number of nitrogens with one attached hydrogen (secondary N) is 1. The molecule has 6 nitrogen and oxygen atoms in total. The number of halogens is 3. The summed E-state index contributed by atoms with van der Waals surface area (Å²) < 4.78 is 50.6. The van der Waals surface area contributed by atoms with Crippen LogP contribution >= 0.6 is 0 Å². The van der Waals surface area contributed by atoms with E-state index in [1.54, 1.807) is 42.5 Å². The minimum Gasteiger partial charge on any atom is -0.496 e. The fraction of sp³-hybridized carbons (Fsp3) is 0.172. The molecule has 0 unspecified atom stereocenters. The zero-order valence-corrected chi connectivity index (χ0v) is 20.3. The van der Waals surface area contributed by atoms with Crippen molar-refractivity contribution in [3.63, 3.8) is 0 Å². The van der Waals surface area contributed by atoms with Gasteiger partial charge in [-0.15, -0.1) is 0 Å². The lowest BCUT2D eigenvalue weighted by Crippen LogP contribution is -2.35. The molecule has 0 bridgehead atoms. The van der Waals surface area contributed by atoms with Crippen LogP contribution in [-0.4, -0.2) is 30.4 Å². The summed E-state index contributed by atoms with van der Waals surface area (Å²) in [6, 6.07) is 20.4. The largest absolute Gasteiger partial charge is 0.496 e. The van der Waals surface area contributed by atoms with Crippen molar-refractivity contribution >= 4 is 17.5 Å². The van der Waals surface area contributed by atoms with E-state index in [2.05, 4.69) is 5.32 Å². The molecule has 0 fully saturated rings. The van der Waals surface area contributed by atoms with Crippen molar-refractivity contribution in [2.75, 3.05) is 19.0 Å². The molecule has 0 saturated carbocycles. The molecule has 1 aliphatic heterocycles. The van der Waals surface area contributed by atoms with Crippen LogP contribution in [0.3, 0.4) is 0 Å². The molecule has 3 aromatic carbocycles. The van der Waals surface area contributed by atoms with Crippen molar-refractivity contribution in [3.05, 3.63) is 107 Å². The van der Waals surface area contributed by atoms with Gasteiger partial charge in [-0.1, -0.05) is 30.3 Å². The van der Waals surface area contributed by atoms with Crippen molar-refractivity contribution in [2.45, 2.75) is 19.1 Å². The van der Waals surface area contributed by atoms with Crippen LogP contribution in [0, 0.1) is 0 Å². The fourth-order valence-corrected chi connectivity index (χ4v) is 4.44. The number of amides is 2. The predicted octanol–water partition coefficient (Wildman–Crippen LogP) is 6.42. The van der Waals surface area contributed by atoms with E-state index in [4.69, 9.17) is 9.15 Å². The van der Waals surface area contributed by atoms with Crippen LogP contribution in [0.1, 0.15) is 37.6 Å². The van der Waals surface area contributed by atoms with E-state index in [0.29, 0.717) is 35.7 Å². The summed E-state index contributed by atoms with van der Waals surface area (Å²) in [4.78, 5) is 27.2. The van der Waals surface area contributed by atoms with Crippen molar-refractivity contribution in [1.82, 2.24) is 4.90 Å². The van der Waals surface area contributed by atoms with Crippen molar-refractivity contribution in [3.8, 4) is 17.1 Å². The third kappa shape index (κ3) is 5.13. The van der Waals surface area contributed by atoms with E-state index in [1.807, 2.05) is 12.1 Å². The van der Waals surface area contributed by atoms with Crippen LogP contribution in [0.4, 0.5) is 18.9 Å². The number of carbonyl (C=O) groups excluding carboxylic acids is 2. The molecule has 1 N–H and O–H groups in total. The zero-order valence-electron chi connectivity index (χ0n) is 20.3. The van der Waals surface area contributed by atoms with Gasteiger partial charge in [0.2, 0.25) is 0 Å². The monoisotopic (exact) mass is 520 g/mol. The number of methoxy groups -OCH3 is 1. The molecule has 0 spiro atoms. The van der Waals surface area contributed by atoms with Gasteiger partial charge in [0.1, 0.15) is 17.3 Å². The van der Waals surface area contributed by atoms with Crippen LogP contribution in [0.2, 0.25) is 0 Å². The Morgan fingerprint density at radius 2 is 1.76 bits per heavy atom. The van der Waals surface area contributed by atoms with E-state index in [9.17, 15) is 22.8 Å². The second-order valence-corrected chi connectivity index (χ2v) is 8.85. The fourth-order valence-electron chi connectivity index (χ4n) is 4.44.